The largest absolute Gasteiger partial charge is 0.460 e. The first-order chi connectivity index (χ1) is 10.1. The summed E-state index contributed by atoms with van der Waals surface area (Å²) in [6, 6.07) is 0. The van der Waals surface area contributed by atoms with Crippen molar-refractivity contribution in [2.24, 2.45) is 17.1 Å². The molecular formula is C15H28N2O4S. The standard InChI is InChI=1S/C15H28N2O4S/c1-14(2,3)21-13(18)12-10-15(11-12)4-7-17(8-5-15)22(19,20)9-6-16/h12H,4-11,16H2,1-3H3. The van der Waals surface area contributed by atoms with Crippen molar-refractivity contribution in [3.05, 3.63) is 0 Å². The second-order valence-electron chi connectivity index (χ2n) is 7.64. The molecule has 0 radical (unpaired) electrons. The minimum Gasteiger partial charge on any atom is -0.460 e. The Bertz CT molecular complexity index is 508. The highest BCUT2D eigenvalue weighted by molar-refractivity contribution is 7.89. The Hall–Kier alpha value is -0.660. The highest BCUT2D eigenvalue weighted by atomic mass is 32.2. The Labute approximate surface area is 133 Å². The van der Waals surface area contributed by atoms with Crippen LogP contribution in [-0.4, -0.2) is 49.7 Å². The first kappa shape index (κ1) is 17.7. The molecule has 0 unspecified atom stereocenters. The Morgan fingerprint density at radius 2 is 1.82 bits per heavy atom. The summed E-state index contributed by atoms with van der Waals surface area (Å²) in [4.78, 5) is 12.0. The summed E-state index contributed by atoms with van der Waals surface area (Å²) in [5, 5.41) is 0. The van der Waals surface area contributed by atoms with Crippen molar-refractivity contribution in [2.45, 2.75) is 52.1 Å². The van der Waals surface area contributed by atoms with Gasteiger partial charge in [0.15, 0.2) is 0 Å². The lowest BCUT2D eigenvalue weighted by Gasteiger charge is -2.51. The highest BCUT2D eigenvalue weighted by Crippen LogP contribution is 2.53. The van der Waals surface area contributed by atoms with Crippen LogP contribution in [0.5, 0.6) is 0 Å². The van der Waals surface area contributed by atoms with Crippen molar-refractivity contribution < 1.29 is 17.9 Å². The molecular weight excluding hydrogens is 304 g/mol. The molecule has 0 aromatic carbocycles. The number of hydrogen-bond acceptors (Lipinski definition) is 5. The molecule has 6 nitrogen and oxygen atoms in total. The van der Waals surface area contributed by atoms with Gasteiger partial charge in [0.25, 0.3) is 0 Å². The number of carbonyl (C=O) groups excluding carboxylic acids is 1. The third kappa shape index (κ3) is 4.00. The molecule has 0 bridgehead atoms. The molecule has 22 heavy (non-hydrogen) atoms. The fraction of sp³-hybridized carbons (Fsp3) is 0.933. The highest BCUT2D eigenvalue weighted by Gasteiger charge is 2.50. The van der Waals surface area contributed by atoms with Crippen molar-refractivity contribution in [1.82, 2.24) is 4.31 Å². The molecule has 0 aromatic heterocycles. The molecule has 0 atom stereocenters. The number of sulfonamides is 1. The summed E-state index contributed by atoms with van der Waals surface area (Å²) in [6.45, 7) is 6.87. The lowest BCUT2D eigenvalue weighted by Crippen LogP contribution is -2.51. The molecule has 7 heteroatoms. The van der Waals surface area contributed by atoms with Gasteiger partial charge >= 0.3 is 5.97 Å². The Morgan fingerprint density at radius 3 is 2.27 bits per heavy atom. The van der Waals surface area contributed by atoms with E-state index in [1.165, 1.54) is 0 Å². The Morgan fingerprint density at radius 1 is 1.27 bits per heavy atom. The zero-order chi connectivity index (χ0) is 16.6. The van der Waals surface area contributed by atoms with E-state index in [4.69, 9.17) is 10.5 Å². The Kier molecular flexibility index (Phi) is 4.90. The first-order valence-electron chi connectivity index (χ1n) is 7.98. The van der Waals surface area contributed by atoms with Crippen LogP contribution >= 0.6 is 0 Å². The number of esters is 1. The molecule has 0 aromatic rings. The molecule has 0 amide bonds. The molecule has 128 valence electrons. The number of piperidine rings is 1. The molecule has 1 heterocycles. The fourth-order valence-corrected chi connectivity index (χ4v) is 4.76. The first-order valence-corrected chi connectivity index (χ1v) is 9.59. The van der Waals surface area contributed by atoms with E-state index in [1.54, 1.807) is 4.31 Å². The van der Waals surface area contributed by atoms with Crippen LogP contribution in [0.1, 0.15) is 46.5 Å². The van der Waals surface area contributed by atoms with E-state index < -0.39 is 15.6 Å². The van der Waals surface area contributed by atoms with Crippen molar-refractivity contribution >= 4 is 16.0 Å². The predicted molar refractivity (Wildman–Crippen MR) is 84.7 cm³/mol. The topological polar surface area (TPSA) is 89.7 Å². The third-order valence-corrected chi connectivity index (χ3v) is 6.55. The summed E-state index contributed by atoms with van der Waals surface area (Å²) in [5.74, 6) is -0.122. The van der Waals surface area contributed by atoms with E-state index in [0.29, 0.717) is 13.1 Å². The van der Waals surface area contributed by atoms with Crippen LogP contribution in [0, 0.1) is 11.3 Å². The number of hydrogen-bond donors (Lipinski definition) is 1. The monoisotopic (exact) mass is 332 g/mol. The van der Waals surface area contributed by atoms with E-state index in [2.05, 4.69) is 0 Å². The van der Waals surface area contributed by atoms with Crippen LogP contribution in [0.2, 0.25) is 0 Å². The SMILES string of the molecule is CC(C)(C)OC(=O)C1CC2(CCN(S(=O)(=O)CCN)CC2)C1. The van der Waals surface area contributed by atoms with E-state index in [9.17, 15) is 13.2 Å². The van der Waals surface area contributed by atoms with Crippen molar-refractivity contribution in [3.8, 4) is 0 Å². The average molecular weight is 332 g/mol. The second-order valence-corrected chi connectivity index (χ2v) is 9.73. The van der Waals surface area contributed by atoms with Gasteiger partial charge in [0.1, 0.15) is 5.60 Å². The zero-order valence-electron chi connectivity index (χ0n) is 13.8. The molecule has 2 N–H and O–H groups in total. The van der Waals surface area contributed by atoms with Crippen LogP contribution in [0.3, 0.4) is 0 Å². The van der Waals surface area contributed by atoms with Gasteiger partial charge in [-0.05, 0) is 51.9 Å². The molecule has 2 aliphatic rings. The molecule has 1 saturated heterocycles. The maximum atomic E-state index is 12.0. The van der Waals surface area contributed by atoms with Crippen LogP contribution in [0.15, 0.2) is 0 Å². The van der Waals surface area contributed by atoms with Crippen LogP contribution < -0.4 is 5.73 Å². The van der Waals surface area contributed by atoms with Crippen molar-refractivity contribution in [1.29, 1.82) is 0 Å². The van der Waals surface area contributed by atoms with Gasteiger partial charge < -0.3 is 10.5 Å². The smallest absolute Gasteiger partial charge is 0.309 e. The van der Waals surface area contributed by atoms with Gasteiger partial charge in [0, 0.05) is 19.6 Å². The summed E-state index contributed by atoms with van der Waals surface area (Å²) >= 11 is 0. The Balaban J connectivity index is 1.83. The maximum absolute atomic E-state index is 12.0. The van der Waals surface area contributed by atoms with E-state index in [0.717, 1.165) is 25.7 Å². The number of nitrogens with zero attached hydrogens (tertiary/aromatic N) is 1. The predicted octanol–water partition coefficient (Wildman–Crippen LogP) is 1.11. The van der Waals surface area contributed by atoms with Crippen LogP contribution in [-0.2, 0) is 19.6 Å². The summed E-state index contributed by atoms with van der Waals surface area (Å²) in [6.07, 6.45) is 3.31. The number of ether oxygens (including phenoxy) is 1. The minimum atomic E-state index is -3.20. The van der Waals surface area contributed by atoms with Crippen LogP contribution in [0.25, 0.3) is 0 Å². The van der Waals surface area contributed by atoms with Gasteiger partial charge in [-0.25, -0.2) is 12.7 Å². The molecule has 1 aliphatic heterocycles. The fourth-order valence-electron chi connectivity index (χ4n) is 3.46. The lowest BCUT2D eigenvalue weighted by atomic mass is 9.58. The second kappa shape index (κ2) is 6.09. The van der Waals surface area contributed by atoms with Gasteiger partial charge in [-0.15, -0.1) is 0 Å². The van der Waals surface area contributed by atoms with Crippen LogP contribution in [0.4, 0.5) is 0 Å². The van der Waals surface area contributed by atoms with Gasteiger partial charge in [0.05, 0.1) is 11.7 Å². The molecule has 1 saturated carbocycles. The summed E-state index contributed by atoms with van der Waals surface area (Å²) in [7, 11) is -3.20. The lowest BCUT2D eigenvalue weighted by molar-refractivity contribution is -0.170. The molecule has 1 aliphatic carbocycles. The quantitative estimate of drug-likeness (QED) is 0.779. The summed E-state index contributed by atoms with van der Waals surface area (Å²) in [5.41, 5.74) is 5.05. The van der Waals surface area contributed by atoms with Gasteiger partial charge in [-0.1, -0.05) is 0 Å². The van der Waals surface area contributed by atoms with E-state index >= 15 is 0 Å². The molecule has 2 rings (SSSR count). The molecule has 1 spiro atoms. The third-order valence-electron chi connectivity index (χ3n) is 4.65. The number of carbonyl (C=O) groups is 1. The van der Waals surface area contributed by atoms with Crippen molar-refractivity contribution in [2.75, 3.05) is 25.4 Å². The normalized spacial score (nSPS) is 23.3. The average Bonchev–Trinajstić information content (AvgIpc) is 2.33. The van der Waals surface area contributed by atoms with Crippen molar-refractivity contribution in [3.63, 3.8) is 0 Å². The van der Waals surface area contributed by atoms with Gasteiger partial charge in [0.2, 0.25) is 10.0 Å². The zero-order valence-corrected chi connectivity index (χ0v) is 14.6. The maximum Gasteiger partial charge on any atom is 0.309 e. The van der Waals surface area contributed by atoms with Gasteiger partial charge in [-0.3, -0.25) is 4.79 Å². The molecule has 2 fully saturated rings. The van der Waals surface area contributed by atoms with E-state index in [-0.39, 0.29) is 29.6 Å². The van der Waals surface area contributed by atoms with E-state index in [1.807, 2.05) is 20.8 Å². The number of rotatable bonds is 4. The van der Waals surface area contributed by atoms with Gasteiger partial charge in [-0.2, -0.15) is 0 Å². The summed E-state index contributed by atoms with van der Waals surface area (Å²) < 4.78 is 31.0. The number of nitrogens with two attached hydrogens (primary N) is 1. The minimum absolute atomic E-state index is 0.0144.